The fraction of sp³-hybridized carbons (Fsp3) is 0.467. The fourth-order valence-electron chi connectivity index (χ4n) is 2.63. The van der Waals surface area contributed by atoms with E-state index in [0.717, 1.165) is 35.7 Å². The number of urea groups is 1. The van der Waals surface area contributed by atoms with Gasteiger partial charge in [0.1, 0.15) is 0 Å². The molecule has 2 heterocycles. The third-order valence-corrected chi connectivity index (χ3v) is 5.29. The normalized spacial score (nSPS) is 16.2. The maximum Gasteiger partial charge on any atom is 0.321 e. The number of nitrogens with zero attached hydrogens (tertiary/aromatic N) is 2. The van der Waals surface area contributed by atoms with Crippen LogP contribution in [0.5, 0.6) is 0 Å². The van der Waals surface area contributed by atoms with Crippen molar-refractivity contribution in [3.05, 3.63) is 16.7 Å². The van der Waals surface area contributed by atoms with Gasteiger partial charge in [0, 0.05) is 16.7 Å². The number of thioether (sulfide) groups is 1. The van der Waals surface area contributed by atoms with Gasteiger partial charge in [-0.3, -0.25) is 10.1 Å². The maximum absolute atomic E-state index is 12.1. The average Bonchev–Trinajstić information content (AvgIpc) is 3.15. The smallest absolute Gasteiger partial charge is 0.321 e. The number of hydrogen-bond acceptors (Lipinski definition) is 5. The number of halogens is 1. The first-order valence-corrected chi connectivity index (χ1v) is 9.48. The Bertz CT molecular complexity index is 759. The van der Waals surface area contributed by atoms with Crippen LogP contribution in [0.4, 0.5) is 4.79 Å². The molecule has 0 aromatic carbocycles. The predicted octanol–water partition coefficient (Wildman–Crippen LogP) is 2.97. The summed E-state index contributed by atoms with van der Waals surface area (Å²) in [5.74, 6) is -0.343. The van der Waals surface area contributed by atoms with E-state index in [0.29, 0.717) is 10.8 Å². The van der Waals surface area contributed by atoms with Gasteiger partial charge in [0.15, 0.2) is 10.8 Å². The summed E-state index contributed by atoms with van der Waals surface area (Å²) in [7, 11) is 0. The van der Waals surface area contributed by atoms with E-state index in [1.807, 2.05) is 6.07 Å². The number of carbonyl (C=O) groups excluding carboxylic acids is 2. The Hall–Kier alpha value is -1.61. The van der Waals surface area contributed by atoms with Gasteiger partial charge in [-0.15, -0.1) is 0 Å². The predicted molar refractivity (Wildman–Crippen MR) is 95.8 cm³/mol. The Morgan fingerprint density at radius 2 is 2.17 bits per heavy atom. The number of carbonyl (C=O) groups is 2. The van der Waals surface area contributed by atoms with E-state index in [9.17, 15) is 9.59 Å². The molecule has 1 aliphatic carbocycles. The van der Waals surface area contributed by atoms with Crippen LogP contribution in [0.25, 0.3) is 11.2 Å². The Balaban J connectivity index is 1.55. The fourth-order valence-corrected chi connectivity index (χ4v) is 3.77. The lowest BCUT2D eigenvalue weighted by molar-refractivity contribution is -0.119. The van der Waals surface area contributed by atoms with Gasteiger partial charge in [-0.2, -0.15) is 0 Å². The van der Waals surface area contributed by atoms with E-state index in [1.54, 1.807) is 13.1 Å². The van der Waals surface area contributed by atoms with Gasteiger partial charge in [-0.05, 0) is 41.8 Å². The van der Waals surface area contributed by atoms with Gasteiger partial charge in [-0.1, -0.05) is 24.6 Å². The zero-order chi connectivity index (χ0) is 17.1. The van der Waals surface area contributed by atoms with Crippen molar-refractivity contribution in [3.8, 4) is 0 Å². The number of fused-ring (bicyclic) bond motifs is 1. The van der Waals surface area contributed by atoms with Crippen molar-refractivity contribution in [1.29, 1.82) is 0 Å². The molecular formula is C15H18BrN5O2S. The second-order valence-corrected chi connectivity index (χ2v) is 8.02. The third-order valence-electron chi connectivity index (χ3n) is 3.87. The van der Waals surface area contributed by atoms with E-state index in [2.05, 4.69) is 41.5 Å². The highest BCUT2D eigenvalue weighted by atomic mass is 79.9. The first kappa shape index (κ1) is 17.2. The molecule has 0 radical (unpaired) electrons. The lowest BCUT2D eigenvalue weighted by atomic mass is 10.2. The molecule has 7 nitrogen and oxygen atoms in total. The maximum atomic E-state index is 12.1. The van der Waals surface area contributed by atoms with Gasteiger partial charge in [0.25, 0.3) is 0 Å². The third kappa shape index (κ3) is 4.27. The number of aromatic amines is 1. The molecule has 3 amide bonds. The molecule has 0 bridgehead atoms. The number of hydrogen-bond donors (Lipinski definition) is 3. The molecule has 3 rings (SSSR count). The molecule has 1 aliphatic rings. The number of pyridine rings is 1. The van der Waals surface area contributed by atoms with Crippen LogP contribution in [0, 0.1) is 0 Å². The summed E-state index contributed by atoms with van der Waals surface area (Å²) >= 11 is 4.61. The number of imide groups is 1. The van der Waals surface area contributed by atoms with Crippen LogP contribution in [0.2, 0.25) is 0 Å². The summed E-state index contributed by atoms with van der Waals surface area (Å²) in [5.41, 5.74) is 1.38. The molecule has 0 aliphatic heterocycles. The van der Waals surface area contributed by atoms with Crippen molar-refractivity contribution in [2.45, 2.75) is 49.1 Å². The van der Waals surface area contributed by atoms with Gasteiger partial charge < -0.3 is 10.3 Å². The molecule has 24 heavy (non-hydrogen) atoms. The van der Waals surface area contributed by atoms with Crippen LogP contribution in [-0.2, 0) is 4.79 Å². The lowest BCUT2D eigenvalue weighted by Gasteiger charge is -2.14. The Morgan fingerprint density at radius 1 is 1.42 bits per heavy atom. The zero-order valence-corrected chi connectivity index (χ0v) is 15.5. The van der Waals surface area contributed by atoms with Crippen molar-refractivity contribution in [3.63, 3.8) is 0 Å². The molecule has 9 heteroatoms. The molecule has 0 unspecified atom stereocenters. The number of amides is 3. The van der Waals surface area contributed by atoms with Gasteiger partial charge in [0.2, 0.25) is 5.91 Å². The van der Waals surface area contributed by atoms with Gasteiger partial charge in [-0.25, -0.2) is 14.8 Å². The Labute approximate surface area is 151 Å². The quantitative estimate of drug-likeness (QED) is 0.671. The topological polar surface area (TPSA) is 99.8 Å². The van der Waals surface area contributed by atoms with Crippen molar-refractivity contribution < 1.29 is 9.59 Å². The first-order chi connectivity index (χ1) is 11.5. The lowest BCUT2D eigenvalue weighted by Crippen LogP contribution is -2.45. The summed E-state index contributed by atoms with van der Waals surface area (Å²) in [6, 6.07) is 1.63. The van der Waals surface area contributed by atoms with Crippen LogP contribution in [0.1, 0.15) is 32.6 Å². The first-order valence-electron chi connectivity index (χ1n) is 7.80. The molecule has 1 atom stereocenters. The van der Waals surface area contributed by atoms with Crippen molar-refractivity contribution in [2.24, 2.45) is 0 Å². The SMILES string of the molecule is C[C@@H](Sc1nc2ncc(Br)cc2[nH]1)C(=O)NC(=O)NC1CCCC1. The minimum absolute atomic E-state index is 0.181. The van der Waals surface area contributed by atoms with Crippen LogP contribution in [0.3, 0.4) is 0 Å². The minimum Gasteiger partial charge on any atom is -0.335 e. The molecule has 1 saturated carbocycles. The summed E-state index contributed by atoms with van der Waals surface area (Å²) < 4.78 is 0.851. The number of H-pyrrole nitrogens is 1. The molecule has 3 N–H and O–H groups in total. The second-order valence-electron chi connectivity index (χ2n) is 5.77. The second kappa shape index (κ2) is 7.52. The number of rotatable bonds is 4. The zero-order valence-electron chi connectivity index (χ0n) is 13.1. The largest absolute Gasteiger partial charge is 0.335 e. The molecule has 0 spiro atoms. The highest BCUT2D eigenvalue weighted by Gasteiger charge is 2.22. The summed E-state index contributed by atoms with van der Waals surface area (Å²) in [6.07, 6.45) is 5.88. The van der Waals surface area contributed by atoms with E-state index >= 15 is 0 Å². The van der Waals surface area contributed by atoms with Crippen LogP contribution in [-0.4, -0.2) is 38.2 Å². The summed E-state index contributed by atoms with van der Waals surface area (Å²) in [6.45, 7) is 1.74. The summed E-state index contributed by atoms with van der Waals surface area (Å²) in [5, 5.41) is 5.37. The Morgan fingerprint density at radius 3 is 2.92 bits per heavy atom. The number of imidazole rings is 1. The molecule has 2 aromatic rings. The van der Waals surface area contributed by atoms with Crippen LogP contribution >= 0.6 is 27.7 Å². The van der Waals surface area contributed by atoms with Crippen molar-refractivity contribution in [1.82, 2.24) is 25.6 Å². The number of nitrogens with one attached hydrogen (secondary N) is 3. The average molecular weight is 412 g/mol. The van der Waals surface area contributed by atoms with Crippen molar-refractivity contribution in [2.75, 3.05) is 0 Å². The van der Waals surface area contributed by atoms with E-state index in [1.165, 1.54) is 11.8 Å². The van der Waals surface area contributed by atoms with Crippen LogP contribution < -0.4 is 10.6 Å². The van der Waals surface area contributed by atoms with E-state index in [4.69, 9.17) is 0 Å². The van der Waals surface area contributed by atoms with Crippen LogP contribution in [0.15, 0.2) is 21.9 Å². The highest BCUT2D eigenvalue weighted by molar-refractivity contribution is 9.10. The summed E-state index contributed by atoms with van der Waals surface area (Å²) in [4.78, 5) is 35.6. The molecule has 128 valence electrons. The standard InChI is InChI=1S/C15H18BrN5O2S/c1-8(13(22)21-14(23)18-10-4-2-3-5-10)24-15-19-11-6-9(16)7-17-12(11)20-15/h6-8,10H,2-5H2,1H3,(H,17,19,20)(H2,18,21,22,23)/t8-/m1/s1. The minimum atomic E-state index is -0.455. The van der Waals surface area contributed by atoms with E-state index in [-0.39, 0.29) is 11.9 Å². The van der Waals surface area contributed by atoms with Gasteiger partial charge >= 0.3 is 6.03 Å². The highest BCUT2D eigenvalue weighted by Crippen LogP contribution is 2.24. The molecule has 2 aromatic heterocycles. The molecule has 0 saturated heterocycles. The molecule has 1 fully saturated rings. The monoisotopic (exact) mass is 411 g/mol. The Kier molecular flexibility index (Phi) is 5.40. The molecular weight excluding hydrogens is 394 g/mol. The van der Waals surface area contributed by atoms with E-state index < -0.39 is 11.3 Å². The van der Waals surface area contributed by atoms with Crippen molar-refractivity contribution >= 4 is 50.8 Å². The number of aromatic nitrogens is 3. The van der Waals surface area contributed by atoms with Gasteiger partial charge in [0.05, 0.1) is 10.8 Å².